The molecule has 0 bridgehead atoms. The summed E-state index contributed by atoms with van der Waals surface area (Å²) in [5.41, 5.74) is 0.469. The average Bonchev–Trinajstić information content (AvgIpc) is 2.53. The number of aliphatic hydroxyl groups excluding tert-OH is 1. The largest absolute Gasteiger partial charge is 0.491 e. The topological polar surface area (TPSA) is 87.4 Å². The molecule has 0 saturated carbocycles. The van der Waals surface area contributed by atoms with Crippen LogP contribution < -0.4 is 4.74 Å². The van der Waals surface area contributed by atoms with Gasteiger partial charge in [0.05, 0.1) is 22.3 Å². The molecule has 0 aliphatic carbocycles. The van der Waals surface area contributed by atoms with Crippen LogP contribution in [0.2, 0.25) is 0 Å². The number of hydrogen-bond acceptors (Lipinski definition) is 5. The van der Waals surface area contributed by atoms with Crippen molar-refractivity contribution in [3.05, 3.63) is 59.9 Å². The summed E-state index contributed by atoms with van der Waals surface area (Å²) in [4.78, 5) is -0.0590. The highest BCUT2D eigenvalue weighted by atomic mass is 32.2. The van der Waals surface area contributed by atoms with E-state index >= 15 is 0 Å². The van der Waals surface area contributed by atoms with E-state index in [-0.39, 0.29) is 11.5 Å². The van der Waals surface area contributed by atoms with Crippen molar-refractivity contribution in [3.63, 3.8) is 0 Å². The lowest BCUT2D eigenvalue weighted by Crippen LogP contribution is -2.27. The van der Waals surface area contributed by atoms with E-state index in [1.165, 1.54) is 0 Å². The van der Waals surface area contributed by atoms with Crippen LogP contribution in [-0.2, 0) is 9.84 Å². The molecule has 0 heterocycles. The lowest BCUT2D eigenvalue weighted by Gasteiger charge is -2.13. The Labute approximate surface area is 133 Å². The zero-order valence-electron chi connectivity index (χ0n) is 12.0. The Bertz CT molecular complexity index is 795. The van der Waals surface area contributed by atoms with Gasteiger partial charge in [0.15, 0.2) is 9.84 Å². The second-order valence-corrected chi connectivity index (χ2v) is 6.87. The van der Waals surface area contributed by atoms with Crippen LogP contribution in [0, 0.1) is 17.1 Å². The number of ether oxygens (including phenoxy) is 1. The van der Waals surface area contributed by atoms with E-state index in [9.17, 15) is 17.9 Å². The summed E-state index contributed by atoms with van der Waals surface area (Å²) in [6.45, 7) is -0.216. The van der Waals surface area contributed by atoms with Crippen molar-refractivity contribution in [3.8, 4) is 11.8 Å². The van der Waals surface area contributed by atoms with E-state index in [1.54, 1.807) is 24.3 Å². The summed E-state index contributed by atoms with van der Waals surface area (Å²) in [5, 5.41) is 18.5. The number of hydrogen-bond donors (Lipinski definition) is 1. The number of rotatable bonds is 6. The molecule has 0 spiro atoms. The van der Waals surface area contributed by atoms with Crippen LogP contribution in [0.5, 0.6) is 5.75 Å². The molecule has 0 saturated heterocycles. The fourth-order valence-corrected chi connectivity index (χ4v) is 3.20. The maximum absolute atomic E-state index is 12.8. The molecule has 1 N–H and O–H groups in total. The van der Waals surface area contributed by atoms with Crippen LogP contribution in [-0.4, -0.2) is 32.0 Å². The van der Waals surface area contributed by atoms with Gasteiger partial charge in [-0.05, 0) is 48.5 Å². The number of halogens is 1. The third-order valence-corrected chi connectivity index (χ3v) is 4.82. The molecule has 0 aliphatic heterocycles. The van der Waals surface area contributed by atoms with Gasteiger partial charge >= 0.3 is 0 Å². The molecule has 0 aromatic heterocycles. The first-order valence-electron chi connectivity index (χ1n) is 6.70. The van der Waals surface area contributed by atoms with Gasteiger partial charge in [-0.3, -0.25) is 0 Å². The number of aliphatic hydroxyl groups is 1. The number of sulfone groups is 1. The predicted molar refractivity (Wildman–Crippen MR) is 81.1 cm³/mol. The first kappa shape index (κ1) is 16.9. The fraction of sp³-hybridized carbons (Fsp3) is 0.188. The van der Waals surface area contributed by atoms with Gasteiger partial charge in [-0.1, -0.05) is 0 Å². The molecule has 7 heteroatoms. The minimum Gasteiger partial charge on any atom is -0.491 e. The molecule has 0 radical (unpaired) electrons. The van der Waals surface area contributed by atoms with Crippen molar-refractivity contribution in [1.82, 2.24) is 0 Å². The maximum atomic E-state index is 12.8. The molecule has 120 valence electrons. The van der Waals surface area contributed by atoms with E-state index in [0.29, 0.717) is 11.3 Å². The minimum atomic E-state index is -3.73. The van der Waals surface area contributed by atoms with E-state index in [2.05, 4.69) is 0 Å². The zero-order chi connectivity index (χ0) is 16.9. The Kier molecular flexibility index (Phi) is 5.32. The first-order chi connectivity index (χ1) is 10.9. The van der Waals surface area contributed by atoms with Crippen LogP contribution in [0.1, 0.15) is 5.56 Å². The summed E-state index contributed by atoms with van der Waals surface area (Å²) in [7, 11) is -3.73. The zero-order valence-corrected chi connectivity index (χ0v) is 12.8. The standard InChI is InChI=1S/C16H14FNO4S/c17-13-3-7-16(8-4-13)23(20,21)11-14(19)10-22-15-5-1-12(9-18)2-6-15/h1-8,14,19H,10-11H2/t14-/m0/s1. The van der Waals surface area contributed by atoms with E-state index in [4.69, 9.17) is 10.00 Å². The normalized spacial score (nSPS) is 12.4. The Morgan fingerprint density at radius 2 is 1.74 bits per heavy atom. The first-order valence-corrected chi connectivity index (χ1v) is 8.35. The van der Waals surface area contributed by atoms with Gasteiger partial charge in [-0.2, -0.15) is 5.26 Å². The number of benzene rings is 2. The monoisotopic (exact) mass is 335 g/mol. The summed E-state index contributed by atoms with van der Waals surface area (Å²) in [6, 6.07) is 12.6. The summed E-state index contributed by atoms with van der Waals surface area (Å²) in [5.74, 6) is -0.648. The molecular formula is C16H14FNO4S. The number of nitriles is 1. The molecule has 1 atom stereocenters. The Balaban J connectivity index is 1.94. The molecular weight excluding hydrogens is 321 g/mol. The molecule has 0 unspecified atom stereocenters. The van der Waals surface area contributed by atoms with E-state index < -0.39 is 27.5 Å². The Morgan fingerprint density at radius 3 is 2.30 bits per heavy atom. The van der Waals surface area contributed by atoms with Gasteiger partial charge in [0.25, 0.3) is 0 Å². The van der Waals surface area contributed by atoms with Crippen molar-refractivity contribution in [2.24, 2.45) is 0 Å². The SMILES string of the molecule is N#Cc1ccc(OC[C@H](O)CS(=O)(=O)c2ccc(F)cc2)cc1. The lowest BCUT2D eigenvalue weighted by atomic mass is 10.2. The maximum Gasteiger partial charge on any atom is 0.181 e. The van der Waals surface area contributed by atoms with Crippen LogP contribution in [0.4, 0.5) is 4.39 Å². The van der Waals surface area contributed by atoms with E-state index in [1.807, 2.05) is 6.07 Å². The molecule has 5 nitrogen and oxygen atoms in total. The quantitative estimate of drug-likeness (QED) is 0.815. The van der Waals surface area contributed by atoms with Crippen LogP contribution in [0.25, 0.3) is 0 Å². The van der Waals surface area contributed by atoms with E-state index in [0.717, 1.165) is 24.3 Å². The third-order valence-electron chi connectivity index (χ3n) is 3.01. The molecule has 2 rings (SSSR count). The summed E-state index contributed by atoms with van der Waals surface area (Å²) in [6.07, 6.45) is -1.24. The van der Waals surface area contributed by atoms with Crippen LogP contribution in [0.3, 0.4) is 0 Å². The fourth-order valence-electron chi connectivity index (χ4n) is 1.86. The Hall–Kier alpha value is -2.43. The van der Waals surface area contributed by atoms with Gasteiger partial charge < -0.3 is 9.84 Å². The van der Waals surface area contributed by atoms with Crippen molar-refractivity contribution < 1.29 is 22.7 Å². The second kappa shape index (κ2) is 7.22. The highest BCUT2D eigenvalue weighted by molar-refractivity contribution is 7.91. The predicted octanol–water partition coefficient (Wildman–Crippen LogP) is 1.91. The molecule has 23 heavy (non-hydrogen) atoms. The molecule has 2 aromatic rings. The molecule has 0 fully saturated rings. The average molecular weight is 335 g/mol. The molecule has 2 aromatic carbocycles. The van der Waals surface area contributed by atoms with Crippen LogP contribution in [0.15, 0.2) is 53.4 Å². The Morgan fingerprint density at radius 1 is 1.13 bits per heavy atom. The second-order valence-electron chi connectivity index (χ2n) is 4.84. The third kappa shape index (κ3) is 4.77. The van der Waals surface area contributed by atoms with Gasteiger partial charge in [0.2, 0.25) is 0 Å². The molecule has 0 amide bonds. The summed E-state index contributed by atoms with van der Waals surface area (Å²) < 4.78 is 42.2. The number of nitrogens with zero attached hydrogens (tertiary/aromatic N) is 1. The highest BCUT2D eigenvalue weighted by Crippen LogP contribution is 2.15. The lowest BCUT2D eigenvalue weighted by molar-refractivity contribution is 0.125. The van der Waals surface area contributed by atoms with Gasteiger partial charge in [0.1, 0.15) is 24.3 Å². The van der Waals surface area contributed by atoms with Crippen molar-refractivity contribution >= 4 is 9.84 Å². The van der Waals surface area contributed by atoms with Gasteiger partial charge in [-0.15, -0.1) is 0 Å². The van der Waals surface area contributed by atoms with Gasteiger partial charge in [0, 0.05) is 0 Å². The van der Waals surface area contributed by atoms with Crippen molar-refractivity contribution in [1.29, 1.82) is 5.26 Å². The highest BCUT2D eigenvalue weighted by Gasteiger charge is 2.20. The van der Waals surface area contributed by atoms with Gasteiger partial charge in [-0.25, -0.2) is 12.8 Å². The van der Waals surface area contributed by atoms with Crippen molar-refractivity contribution in [2.75, 3.05) is 12.4 Å². The minimum absolute atomic E-state index is 0.0590. The smallest absolute Gasteiger partial charge is 0.181 e. The molecule has 0 aliphatic rings. The van der Waals surface area contributed by atoms with Crippen molar-refractivity contribution in [2.45, 2.75) is 11.0 Å². The van der Waals surface area contributed by atoms with Crippen LogP contribution >= 0.6 is 0 Å². The summed E-state index contributed by atoms with van der Waals surface area (Å²) >= 11 is 0.